The highest BCUT2D eigenvalue weighted by Crippen LogP contribution is 2.29. The molecule has 0 aromatic heterocycles. The van der Waals surface area contributed by atoms with Gasteiger partial charge in [0.05, 0.1) is 4.83 Å². The average molecular weight is 276 g/mol. The van der Waals surface area contributed by atoms with Crippen LogP contribution in [0.25, 0.3) is 0 Å². The fourth-order valence-corrected chi connectivity index (χ4v) is 2.53. The molecule has 0 aromatic carbocycles. The second-order valence-electron chi connectivity index (χ2n) is 4.88. The Balaban J connectivity index is 2.72. The van der Waals surface area contributed by atoms with Crippen LogP contribution in [0.5, 0.6) is 0 Å². The number of carbonyl (C=O) groups is 1. The van der Waals surface area contributed by atoms with Crippen molar-refractivity contribution in [3.05, 3.63) is 0 Å². The molecule has 1 amide bonds. The molecule has 88 valence electrons. The van der Waals surface area contributed by atoms with E-state index in [9.17, 15) is 4.79 Å². The van der Waals surface area contributed by atoms with Crippen molar-refractivity contribution in [1.82, 2.24) is 4.90 Å². The van der Waals surface area contributed by atoms with Gasteiger partial charge in [-0.2, -0.15) is 0 Å². The van der Waals surface area contributed by atoms with Crippen LogP contribution >= 0.6 is 15.9 Å². The fraction of sp³-hybridized carbons (Fsp3) is 0.917. The number of carbonyl (C=O) groups excluding carboxylic acids is 1. The third-order valence-corrected chi connectivity index (χ3v) is 4.78. The van der Waals surface area contributed by atoms with Crippen molar-refractivity contribution in [2.45, 2.75) is 63.9 Å². The minimum Gasteiger partial charge on any atom is -0.336 e. The number of hydrogen-bond donors (Lipinski definition) is 0. The average Bonchev–Trinajstić information content (AvgIpc) is 2.57. The summed E-state index contributed by atoms with van der Waals surface area (Å²) in [5.41, 5.74) is 0. The molecule has 1 saturated heterocycles. The Morgan fingerprint density at radius 3 is 2.53 bits per heavy atom. The summed E-state index contributed by atoms with van der Waals surface area (Å²) >= 11 is 3.51. The fourth-order valence-electron chi connectivity index (χ4n) is 2.30. The van der Waals surface area contributed by atoms with E-state index in [1.807, 2.05) is 0 Å². The Kier molecular flexibility index (Phi) is 4.63. The highest BCUT2D eigenvalue weighted by Gasteiger charge is 2.36. The van der Waals surface area contributed by atoms with Crippen LogP contribution in [0, 0.1) is 5.92 Å². The van der Waals surface area contributed by atoms with Crippen LogP contribution in [0.2, 0.25) is 0 Å². The zero-order chi connectivity index (χ0) is 11.6. The zero-order valence-corrected chi connectivity index (χ0v) is 11.8. The van der Waals surface area contributed by atoms with Crippen molar-refractivity contribution >= 4 is 21.8 Å². The van der Waals surface area contributed by atoms with Gasteiger partial charge in [-0.15, -0.1) is 0 Å². The number of alkyl halides is 1. The molecule has 3 atom stereocenters. The maximum absolute atomic E-state index is 12.2. The minimum atomic E-state index is -0.0212. The first kappa shape index (κ1) is 13.0. The van der Waals surface area contributed by atoms with E-state index in [0.717, 1.165) is 12.8 Å². The molecule has 0 aliphatic carbocycles. The molecule has 0 N–H and O–H groups in total. The molecule has 2 nitrogen and oxygen atoms in total. The Labute approximate surface area is 102 Å². The summed E-state index contributed by atoms with van der Waals surface area (Å²) in [6.07, 6.45) is 3.40. The predicted molar refractivity (Wildman–Crippen MR) is 67.2 cm³/mol. The van der Waals surface area contributed by atoms with Gasteiger partial charge in [0, 0.05) is 12.1 Å². The van der Waals surface area contributed by atoms with Crippen molar-refractivity contribution in [3.63, 3.8) is 0 Å². The highest BCUT2D eigenvalue weighted by atomic mass is 79.9. The van der Waals surface area contributed by atoms with Crippen LogP contribution in [0.15, 0.2) is 0 Å². The van der Waals surface area contributed by atoms with Gasteiger partial charge in [0.15, 0.2) is 0 Å². The van der Waals surface area contributed by atoms with E-state index >= 15 is 0 Å². The zero-order valence-electron chi connectivity index (χ0n) is 10.2. The maximum Gasteiger partial charge on any atom is 0.237 e. The smallest absolute Gasteiger partial charge is 0.237 e. The Morgan fingerprint density at radius 1 is 1.47 bits per heavy atom. The van der Waals surface area contributed by atoms with Crippen LogP contribution in [-0.4, -0.2) is 27.7 Å². The lowest BCUT2D eigenvalue weighted by Crippen LogP contribution is -2.45. The highest BCUT2D eigenvalue weighted by molar-refractivity contribution is 9.10. The first-order valence-corrected chi connectivity index (χ1v) is 6.86. The molecule has 1 rings (SSSR count). The SMILES string of the molecule is CCC1CCC(C)N1C(=O)C(Br)C(C)C. The maximum atomic E-state index is 12.2. The Bertz CT molecular complexity index is 230. The van der Waals surface area contributed by atoms with Gasteiger partial charge >= 0.3 is 0 Å². The van der Waals surface area contributed by atoms with Crippen LogP contribution < -0.4 is 0 Å². The van der Waals surface area contributed by atoms with E-state index in [1.54, 1.807) is 0 Å². The van der Waals surface area contributed by atoms with E-state index < -0.39 is 0 Å². The van der Waals surface area contributed by atoms with Crippen molar-refractivity contribution in [3.8, 4) is 0 Å². The number of hydrogen-bond acceptors (Lipinski definition) is 1. The van der Waals surface area contributed by atoms with Crippen LogP contribution in [0.4, 0.5) is 0 Å². The van der Waals surface area contributed by atoms with E-state index in [0.29, 0.717) is 18.0 Å². The quantitative estimate of drug-likeness (QED) is 0.725. The summed E-state index contributed by atoms with van der Waals surface area (Å²) in [7, 11) is 0. The molecule has 0 saturated carbocycles. The van der Waals surface area contributed by atoms with Crippen LogP contribution in [0.1, 0.15) is 47.0 Å². The second-order valence-corrected chi connectivity index (χ2v) is 5.87. The Hall–Kier alpha value is -0.0500. The van der Waals surface area contributed by atoms with E-state index in [-0.39, 0.29) is 10.7 Å². The molecule has 15 heavy (non-hydrogen) atoms. The van der Waals surface area contributed by atoms with Gasteiger partial charge in [-0.1, -0.05) is 36.7 Å². The number of likely N-dealkylation sites (tertiary alicyclic amines) is 1. The first-order valence-electron chi connectivity index (χ1n) is 5.95. The monoisotopic (exact) mass is 275 g/mol. The molecule has 0 radical (unpaired) electrons. The summed E-state index contributed by atoms with van der Waals surface area (Å²) in [5.74, 6) is 0.643. The van der Waals surface area contributed by atoms with Gasteiger partial charge in [0.1, 0.15) is 0 Å². The summed E-state index contributed by atoms with van der Waals surface area (Å²) in [6.45, 7) is 8.49. The number of nitrogens with zero attached hydrogens (tertiary/aromatic N) is 1. The molecular formula is C12H22BrNO. The molecule has 3 heteroatoms. The van der Waals surface area contributed by atoms with Crippen LogP contribution in [0.3, 0.4) is 0 Å². The van der Waals surface area contributed by atoms with Gasteiger partial charge in [0.2, 0.25) is 5.91 Å². The van der Waals surface area contributed by atoms with Gasteiger partial charge in [-0.25, -0.2) is 0 Å². The molecule has 1 fully saturated rings. The predicted octanol–water partition coefficient (Wildman–Crippen LogP) is 3.20. The van der Waals surface area contributed by atoms with Crippen molar-refractivity contribution < 1.29 is 4.79 Å². The third-order valence-electron chi connectivity index (χ3n) is 3.33. The van der Waals surface area contributed by atoms with Gasteiger partial charge in [-0.3, -0.25) is 4.79 Å². The minimum absolute atomic E-state index is 0.0212. The number of rotatable bonds is 3. The lowest BCUT2D eigenvalue weighted by Gasteiger charge is -2.31. The van der Waals surface area contributed by atoms with Crippen molar-refractivity contribution in [2.75, 3.05) is 0 Å². The molecule has 1 aliphatic rings. The summed E-state index contributed by atoms with van der Waals surface area (Å²) in [5, 5.41) is 0. The van der Waals surface area contributed by atoms with E-state index in [2.05, 4.69) is 48.5 Å². The number of halogens is 1. The van der Waals surface area contributed by atoms with Crippen molar-refractivity contribution in [2.24, 2.45) is 5.92 Å². The molecule has 0 spiro atoms. The molecule has 1 aliphatic heterocycles. The number of amides is 1. The standard InChI is InChI=1S/C12H22BrNO/c1-5-10-7-6-9(4)14(10)12(15)11(13)8(2)3/h8-11H,5-7H2,1-4H3. The molecular weight excluding hydrogens is 254 g/mol. The van der Waals surface area contributed by atoms with Crippen molar-refractivity contribution in [1.29, 1.82) is 0 Å². The normalized spacial score (nSPS) is 28.5. The van der Waals surface area contributed by atoms with Gasteiger partial charge in [0.25, 0.3) is 0 Å². The topological polar surface area (TPSA) is 20.3 Å². The Morgan fingerprint density at radius 2 is 2.07 bits per heavy atom. The molecule has 0 bridgehead atoms. The lowest BCUT2D eigenvalue weighted by atomic mass is 10.1. The summed E-state index contributed by atoms with van der Waals surface area (Å²) in [4.78, 5) is 14.3. The lowest BCUT2D eigenvalue weighted by molar-refractivity contribution is -0.133. The molecule has 0 aromatic rings. The largest absolute Gasteiger partial charge is 0.336 e. The summed E-state index contributed by atoms with van der Waals surface area (Å²) in [6, 6.07) is 0.882. The molecule has 3 unspecified atom stereocenters. The molecule has 1 heterocycles. The van der Waals surface area contributed by atoms with Crippen LogP contribution in [-0.2, 0) is 4.79 Å². The van der Waals surface area contributed by atoms with Gasteiger partial charge in [-0.05, 0) is 32.1 Å². The van der Waals surface area contributed by atoms with E-state index in [1.165, 1.54) is 6.42 Å². The first-order chi connectivity index (χ1) is 6.99. The van der Waals surface area contributed by atoms with Gasteiger partial charge < -0.3 is 4.90 Å². The van der Waals surface area contributed by atoms with E-state index in [4.69, 9.17) is 0 Å². The second kappa shape index (κ2) is 5.33. The summed E-state index contributed by atoms with van der Waals surface area (Å²) < 4.78 is 0. The third kappa shape index (κ3) is 2.74.